The number of piperidine rings is 1. The van der Waals surface area contributed by atoms with Gasteiger partial charge in [0.25, 0.3) is 0 Å². The van der Waals surface area contributed by atoms with Crippen LogP contribution in [-0.4, -0.2) is 60.1 Å². The van der Waals surface area contributed by atoms with Gasteiger partial charge in [-0.15, -0.1) is 0 Å². The predicted octanol–water partition coefficient (Wildman–Crippen LogP) is 4.89. The Kier molecular flexibility index (Phi) is 6.65. The molecule has 0 amide bonds. The van der Waals surface area contributed by atoms with Crippen molar-refractivity contribution >= 4 is 0 Å². The molecule has 0 aliphatic carbocycles. The van der Waals surface area contributed by atoms with Gasteiger partial charge in [-0.25, -0.2) is 0 Å². The second kappa shape index (κ2) is 8.88. The van der Waals surface area contributed by atoms with E-state index >= 15 is 0 Å². The lowest BCUT2D eigenvalue weighted by Crippen LogP contribution is -2.67. The average molecular weight is 448 g/mol. The van der Waals surface area contributed by atoms with Gasteiger partial charge in [0.05, 0.1) is 31.0 Å². The molecule has 6 nitrogen and oxygen atoms in total. The lowest BCUT2D eigenvalue weighted by molar-refractivity contribution is -0.348. The highest BCUT2D eigenvalue weighted by Gasteiger charge is 2.60. The van der Waals surface area contributed by atoms with Gasteiger partial charge in [-0.2, -0.15) is 5.06 Å². The van der Waals surface area contributed by atoms with Gasteiger partial charge in [-0.1, -0.05) is 26.0 Å². The van der Waals surface area contributed by atoms with E-state index in [1.807, 2.05) is 12.1 Å². The molecule has 0 bridgehead atoms. The maximum atomic E-state index is 6.55. The molecule has 3 fully saturated rings. The average Bonchev–Trinajstić information content (AvgIpc) is 3.52. The molecule has 1 spiro atoms. The van der Waals surface area contributed by atoms with Crippen molar-refractivity contribution < 1.29 is 23.8 Å². The Balaban J connectivity index is 1.39. The number of nitrogens with zero attached hydrogens (tertiary/aromatic N) is 1. The summed E-state index contributed by atoms with van der Waals surface area (Å²) in [7, 11) is 0. The SMILES string of the molecule is CCC1(CC)CC2(CC(C)(C)N1OCCc1ccc(OCC3CO3)cc1)OCC(C)(C)O2. The van der Waals surface area contributed by atoms with Crippen LogP contribution in [0.3, 0.4) is 0 Å². The predicted molar refractivity (Wildman–Crippen MR) is 124 cm³/mol. The Bertz CT molecular complexity index is 769. The molecule has 32 heavy (non-hydrogen) atoms. The molecular formula is C26H41NO5. The number of benzene rings is 1. The molecule has 0 N–H and O–H groups in total. The van der Waals surface area contributed by atoms with E-state index in [4.69, 9.17) is 23.8 Å². The second-order valence-corrected chi connectivity index (χ2v) is 10.9. The molecule has 4 rings (SSSR count). The fraction of sp³-hybridized carbons (Fsp3) is 0.769. The van der Waals surface area contributed by atoms with Crippen molar-refractivity contribution in [3.63, 3.8) is 0 Å². The molecule has 2 atom stereocenters. The highest BCUT2D eigenvalue weighted by atomic mass is 16.8. The van der Waals surface area contributed by atoms with Crippen LogP contribution in [0.4, 0.5) is 0 Å². The first-order valence-corrected chi connectivity index (χ1v) is 12.2. The zero-order valence-electron chi connectivity index (χ0n) is 20.7. The number of rotatable bonds is 9. The Morgan fingerprint density at radius 2 is 1.72 bits per heavy atom. The summed E-state index contributed by atoms with van der Waals surface area (Å²) in [4.78, 5) is 6.55. The maximum absolute atomic E-state index is 6.55. The third kappa shape index (κ3) is 5.15. The molecule has 0 saturated carbocycles. The summed E-state index contributed by atoms with van der Waals surface area (Å²) in [5.74, 6) is 0.364. The van der Waals surface area contributed by atoms with Gasteiger partial charge < -0.3 is 18.9 Å². The van der Waals surface area contributed by atoms with Crippen LogP contribution in [0.5, 0.6) is 5.75 Å². The maximum Gasteiger partial charge on any atom is 0.172 e. The summed E-state index contributed by atoms with van der Waals surface area (Å²) < 4.78 is 23.8. The highest BCUT2D eigenvalue weighted by molar-refractivity contribution is 5.27. The van der Waals surface area contributed by atoms with E-state index in [0.29, 0.717) is 19.8 Å². The van der Waals surface area contributed by atoms with E-state index in [-0.39, 0.29) is 22.8 Å². The minimum Gasteiger partial charge on any atom is -0.491 e. The van der Waals surface area contributed by atoms with Crippen LogP contribution in [0, 0.1) is 0 Å². The van der Waals surface area contributed by atoms with Crippen molar-refractivity contribution in [2.75, 3.05) is 26.4 Å². The number of ether oxygens (including phenoxy) is 4. The Morgan fingerprint density at radius 1 is 1.03 bits per heavy atom. The van der Waals surface area contributed by atoms with Crippen LogP contribution in [0.2, 0.25) is 0 Å². The summed E-state index contributed by atoms with van der Waals surface area (Å²) in [6, 6.07) is 8.31. The number of hydrogen-bond donors (Lipinski definition) is 0. The minimum atomic E-state index is -0.528. The third-order valence-corrected chi connectivity index (χ3v) is 7.12. The zero-order valence-corrected chi connectivity index (χ0v) is 20.7. The van der Waals surface area contributed by atoms with Crippen molar-refractivity contribution in [2.45, 2.75) is 102 Å². The van der Waals surface area contributed by atoms with Gasteiger partial charge in [0, 0.05) is 18.4 Å². The van der Waals surface area contributed by atoms with Gasteiger partial charge in [0.2, 0.25) is 0 Å². The normalized spacial score (nSPS) is 30.5. The monoisotopic (exact) mass is 447 g/mol. The van der Waals surface area contributed by atoms with Crippen molar-refractivity contribution in [1.82, 2.24) is 5.06 Å². The van der Waals surface area contributed by atoms with Gasteiger partial charge in [-0.3, -0.25) is 4.84 Å². The quantitative estimate of drug-likeness (QED) is 0.502. The van der Waals surface area contributed by atoms with E-state index in [1.165, 1.54) is 5.56 Å². The summed E-state index contributed by atoms with van der Waals surface area (Å²) in [5, 5.41) is 2.27. The van der Waals surface area contributed by atoms with Gasteiger partial charge in [0.1, 0.15) is 18.5 Å². The molecule has 2 unspecified atom stereocenters. The van der Waals surface area contributed by atoms with Crippen molar-refractivity contribution in [2.24, 2.45) is 0 Å². The molecular weight excluding hydrogens is 406 g/mol. The lowest BCUT2D eigenvalue weighted by atomic mass is 9.73. The molecule has 1 aromatic rings. The fourth-order valence-electron chi connectivity index (χ4n) is 5.51. The van der Waals surface area contributed by atoms with Crippen LogP contribution >= 0.6 is 0 Å². The molecule has 180 valence electrons. The molecule has 0 aromatic heterocycles. The molecule has 3 heterocycles. The number of epoxide rings is 1. The topological polar surface area (TPSA) is 52.7 Å². The standard InChI is InChI=1S/C26H41NO5/c1-7-25(8-2)18-26(30-19-24(5,6)32-26)17-23(3,4)27(25)31-14-13-20-9-11-21(12-10-20)28-15-22-16-29-22/h9-12,22H,7-8,13-19H2,1-6H3. The van der Waals surface area contributed by atoms with E-state index in [2.05, 4.69) is 58.7 Å². The van der Waals surface area contributed by atoms with Crippen molar-refractivity contribution in [3.05, 3.63) is 29.8 Å². The van der Waals surface area contributed by atoms with E-state index in [0.717, 1.165) is 44.5 Å². The van der Waals surface area contributed by atoms with Gasteiger partial charge >= 0.3 is 0 Å². The van der Waals surface area contributed by atoms with Gasteiger partial charge in [0.15, 0.2) is 5.79 Å². The van der Waals surface area contributed by atoms with E-state index in [1.54, 1.807) is 0 Å². The molecule has 3 aliphatic rings. The van der Waals surface area contributed by atoms with Crippen LogP contribution in [0.25, 0.3) is 0 Å². The second-order valence-electron chi connectivity index (χ2n) is 10.9. The first-order valence-electron chi connectivity index (χ1n) is 12.2. The number of hydrogen-bond acceptors (Lipinski definition) is 6. The Labute approximate surface area is 193 Å². The van der Waals surface area contributed by atoms with Crippen LogP contribution in [0.1, 0.15) is 72.8 Å². The summed E-state index contributed by atoms with van der Waals surface area (Å²) in [6.45, 7) is 16.0. The Hall–Kier alpha value is -1.18. The van der Waals surface area contributed by atoms with Crippen LogP contribution in [-0.2, 0) is 25.5 Å². The summed E-state index contributed by atoms with van der Waals surface area (Å²) in [6.07, 6.45) is 4.72. The fourth-order valence-corrected chi connectivity index (χ4v) is 5.51. The molecule has 3 aliphatic heterocycles. The first kappa shape index (κ1) is 24.0. The van der Waals surface area contributed by atoms with E-state index < -0.39 is 5.79 Å². The van der Waals surface area contributed by atoms with Crippen LogP contribution in [0.15, 0.2) is 24.3 Å². The van der Waals surface area contributed by atoms with Crippen molar-refractivity contribution in [1.29, 1.82) is 0 Å². The summed E-state index contributed by atoms with van der Waals surface area (Å²) in [5.41, 5.74) is 0.681. The zero-order chi connectivity index (χ0) is 23.0. The first-order chi connectivity index (χ1) is 15.1. The number of hydroxylamine groups is 2. The molecule has 0 radical (unpaired) electrons. The largest absolute Gasteiger partial charge is 0.491 e. The third-order valence-electron chi connectivity index (χ3n) is 7.12. The molecule has 6 heteroatoms. The molecule has 3 saturated heterocycles. The van der Waals surface area contributed by atoms with Gasteiger partial charge in [-0.05, 0) is 64.7 Å². The van der Waals surface area contributed by atoms with E-state index in [9.17, 15) is 0 Å². The molecule has 1 aromatic carbocycles. The highest BCUT2D eigenvalue weighted by Crippen LogP contribution is 2.52. The van der Waals surface area contributed by atoms with Crippen molar-refractivity contribution in [3.8, 4) is 5.75 Å². The lowest BCUT2D eigenvalue weighted by Gasteiger charge is -2.58. The smallest absolute Gasteiger partial charge is 0.172 e. The van der Waals surface area contributed by atoms with Crippen LogP contribution < -0.4 is 4.74 Å². The Morgan fingerprint density at radius 3 is 2.28 bits per heavy atom. The summed E-state index contributed by atoms with van der Waals surface area (Å²) >= 11 is 0. The minimum absolute atomic E-state index is 0.120.